The van der Waals surface area contributed by atoms with Gasteiger partial charge in [0.1, 0.15) is 11.5 Å². The van der Waals surface area contributed by atoms with E-state index in [9.17, 15) is 4.79 Å². The van der Waals surface area contributed by atoms with Crippen molar-refractivity contribution in [3.8, 4) is 11.5 Å². The van der Waals surface area contributed by atoms with Gasteiger partial charge in [-0.15, -0.1) is 0 Å². The Morgan fingerprint density at radius 3 is 2.29 bits per heavy atom. The fourth-order valence-electron chi connectivity index (χ4n) is 5.74. The van der Waals surface area contributed by atoms with Crippen LogP contribution in [0.1, 0.15) is 46.3 Å². The van der Waals surface area contributed by atoms with Crippen LogP contribution in [0.2, 0.25) is 0 Å². The number of esters is 1. The molecule has 0 aromatic heterocycles. The number of fused-ring (bicyclic) bond motifs is 3. The molecule has 1 saturated heterocycles. The van der Waals surface area contributed by atoms with Crippen LogP contribution in [0.25, 0.3) is 16.8 Å². The number of anilines is 1. The number of methoxy groups -OCH3 is 2. The molecule has 4 aromatic carbocycles. The zero-order chi connectivity index (χ0) is 26.1. The summed E-state index contributed by atoms with van der Waals surface area (Å²) in [5, 5.41) is 1.67. The van der Waals surface area contributed by atoms with Crippen molar-refractivity contribution in [2.45, 2.75) is 24.9 Å². The number of nitrogens with zero attached hydrogens (tertiary/aromatic N) is 1. The molecule has 0 spiro atoms. The van der Waals surface area contributed by atoms with Crippen LogP contribution in [-0.2, 0) is 10.3 Å². The molecule has 2 aliphatic rings. The van der Waals surface area contributed by atoms with Gasteiger partial charge in [-0.25, -0.2) is 4.79 Å². The van der Waals surface area contributed by atoms with Crippen molar-refractivity contribution in [1.29, 1.82) is 0 Å². The van der Waals surface area contributed by atoms with E-state index in [4.69, 9.17) is 14.2 Å². The van der Waals surface area contributed by atoms with Crippen LogP contribution in [-0.4, -0.2) is 33.3 Å². The van der Waals surface area contributed by atoms with Crippen LogP contribution in [0.5, 0.6) is 11.5 Å². The van der Waals surface area contributed by atoms with Gasteiger partial charge in [0.2, 0.25) is 0 Å². The summed E-state index contributed by atoms with van der Waals surface area (Å²) in [4.78, 5) is 15.3. The Hall–Kier alpha value is -4.25. The number of hydrogen-bond donors (Lipinski definition) is 0. The Labute approximate surface area is 223 Å². The molecule has 6 rings (SSSR count). The third-order valence-electron chi connectivity index (χ3n) is 7.73. The van der Waals surface area contributed by atoms with E-state index in [1.165, 1.54) is 32.1 Å². The first-order valence-electron chi connectivity index (χ1n) is 13.2. The summed E-state index contributed by atoms with van der Waals surface area (Å²) in [6.45, 7) is 2.19. The van der Waals surface area contributed by atoms with Crippen molar-refractivity contribution in [3.63, 3.8) is 0 Å². The molecule has 2 heterocycles. The second-order valence-corrected chi connectivity index (χ2v) is 9.85. The van der Waals surface area contributed by atoms with Crippen LogP contribution in [0.3, 0.4) is 0 Å². The van der Waals surface area contributed by atoms with Crippen LogP contribution in [0, 0.1) is 0 Å². The Morgan fingerprint density at radius 2 is 1.58 bits per heavy atom. The van der Waals surface area contributed by atoms with E-state index in [-0.39, 0.29) is 0 Å². The molecule has 5 nitrogen and oxygen atoms in total. The van der Waals surface area contributed by atoms with E-state index in [1.807, 2.05) is 48.5 Å². The molecule has 192 valence electrons. The van der Waals surface area contributed by atoms with Crippen molar-refractivity contribution < 1.29 is 19.0 Å². The molecule has 5 heteroatoms. The standard InChI is InChI=1S/C33H31NO4/c1-36-30-13-9-12-26-28(30)22-29(32(35)37-2)27-18-19-33(38-31(26)27,23-10-5-3-6-11-23)24-14-16-25(17-15-24)34-20-7-4-8-21-34/h3,5-6,9-19,22H,4,7-8,20-21H2,1-2H3. The Kier molecular flexibility index (Phi) is 6.28. The predicted molar refractivity (Wildman–Crippen MR) is 151 cm³/mol. The van der Waals surface area contributed by atoms with E-state index in [0.29, 0.717) is 22.6 Å². The number of carbonyl (C=O) groups is 1. The molecule has 0 aliphatic carbocycles. The van der Waals surface area contributed by atoms with Crippen molar-refractivity contribution in [1.82, 2.24) is 0 Å². The minimum absolute atomic E-state index is 0.416. The number of rotatable bonds is 5. The Bertz CT molecular complexity index is 1500. The van der Waals surface area contributed by atoms with Crippen molar-refractivity contribution in [3.05, 3.63) is 107 Å². The summed E-state index contributed by atoms with van der Waals surface area (Å²) in [5.74, 6) is 0.887. The van der Waals surface area contributed by atoms with E-state index < -0.39 is 11.6 Å². The summed E-state index contributed by atoms with van der Waals surface area (Å²) < 4.78 is 17.9. The lowest BCUT2D eigenvalue weighted by molar-refractivity contribution is 0.0599. The lowest BCUT2D eigenvalue weighted by Gasteiger charge is -2.37. The van der Waals surface area contributed by atoms with Crippen LogP contribution in [0.4, 0.5) is 5.69 Å². The summed E-state index contributed by atoms with van der Waals surface area (Å²) in [7, 11) is 3.03. The van der Waals surface area contributed by atoms with Gasteiger partial charge in [0.25, 0.3) is 0 Å². The maximum Gasteiger partial charge on any atom is 0.338 e. The highest BCUT2D eigenvalue weighted by Crippen LogP contribution is 2.47. The minimum Gasteiger partial charge on any atom is -0.496 e. The fourth-order valence-corrected chi connectivity index (χ4v) is 5.74. The number of ether oxygens (including phenoxy) is 3. The summed E-state index contributed by atoms with van der Waals surface area (Å²) in [6.07, 6.45) is 7.82. The normalized spacial score (nSPS) is 18.5. The third-order valence-corrected chi connectivity index (χ3v) is 7.73. The topological polar surface area (TPSA) is 48.0 Å². The third kappa shape index (κ3) is 3.99. The summed E-state index contributed by atoms with van der Waals surface area (Å²) >= 11 is 0. The lowest BCUT2D eigenvalue weighted by Crippen LogP contribution is -2.35. The van der Waals surface area contributed by atoms with Crippen molar-refractivity contribution in [2.24, 2.45) is 0 Å². The second kappa shape index (κ2) is 9.90. The second-order valence-electron chi connectivity index (χ2n) is 9.85. The highest BCUT2D eigenvalue weighted by atomic mass is 16.5. The van der Waals surface area contributed by atoms with Gasteiger partial charge in [-0.3, -0.25) is 0 Å². The van der Waals surface area contributed by atoms with Gasteiger partial charge in [0, 0.05) is 46.2 Å². The maximum absolute atomic E-state index is 12.9. The first kappa shape index (κ1) is 24.1. The monoisotopic (exact) mass is 505 g/mol. The van der Waals surface area contributed by atoms with E-state index in [2.05, 4.69) is 47.4 Å². The number of benzene rings is 4. The lowest BCUT2D eigenvalue weighted by atomic mass is 9.82. The molecule has 0 amide bonds. The first-order chi connectivity index (χ1) is 18.6. The maximum atomic E-state index is 12.9. The van der Waals surface area contributed by atoms with Gasteiger partial charge in [-0.2, -0.15) is 0 Å². The van der Waals surface area contributed by atoms with Gasteiger partial charge >= 0.3 is 5.97 Å². The minimum atomic E-state index is -0.876. The molecule has 1 fully saturated rings. The molecule has 4 aromatic rings. The van der Waals surface area contributed by atoms with Gasteiger partial charge in [0.05, 0.1) is 19.8 Å². The SMILES string of the molecule is COC(=O)c1cc2c(OC)cccc2c2c1C=CC(c1ccccc1)(c1ccc(N3CCCCC3)cc1)O2. The fraction of sp³-hybridized carbons (Fsp3) is 0.242. The van der Waals surface area contributed by atoms with E-state index >= 15 is 0 Å². The zero-order valence-corrected chi connectivity index (χ0v) is 21.8. The first-order valence-corrected chi connectivity index (χ1v) is 13.2. The highest BCUT2D eigenvalue weighted by Gasteiger charge is 2.39. The molecule has 0 radical (unpaired) electrons. The Morgan fingerprint density at radius 1 is 0.842 bits per heavy atom. The van der Waals surface area contributed by atoms with Crippen LogP contribution in [0.15, 0.2) is 84.9 Å². The molecule has 0 saturated carbocycles. The molecule has 2 aliphatic heterocycles. The van der Waals surface area contributed by atoms with Gasteiger partial charge < -0.3 is 19.1 Å². The molecule has 38 heavy (non-hydrogen) atoms. The average molecular weight is 506 g/mol. The average Bonchev–Trinajstić information content (AvgIpc) is 3.00. The highest BCUT2D eigenvalue weighted by molar-refractivity contribution is 6.05. The Balaban J connectivity index is 1.54. The van der Waals surface area contributed by atoms with Crippen LogP contribution < -0.4 is 14.4 Å². The molecular formula is C33H31NO4. The number of hydrogen-bond acceptors (Lipinski definition) is 5. The van der Waals surface area contributed by atoms with Crippen molar-refractivity contribution >= 4 is 28.5 Å². The largest absolute Gasteiger partial charge is 0.496 e. The summed E-state index contributed by atoms with van der Waals surface area (Å²) in [5.41, 5.74) is 3.53. The molecule has 0 N–H and O–H groups in total. The molecular weight excluding hydrogens is 474 g/mol. The van der Waals surface area contributed by atoms with Crippen LogP contribution >= 0.6 is 0 Å². The zero-order valence-electron chi connectivity index (χ0n) is 21.8. The number of carbonyl (C=O) groups excluding carboxylic acids is 1. The van der Waals surface area contributed by atoms with Gasteiger partial charge in [-0.05, 0) is 55.7 Å². The van der Waals surface area contributed by atoms with E-state index in [1.54, 1.807) is 7.11 Å². The van der Waals surface area contributed by atoms with E-state index in [0.717, 1.165) is 35.0 Å². The van der Waals surface area contributed by atoms with Crippen molar-refractivity contribution in [2.75, 3.05) is 32.2 Å². The predicted octanol–water partition coefficient (Wildman–Crippen LogP) is 6.97. The molecule has 1 unspecified atom stereocenters. The number of piperidine rings is 1. The van der Waals surface area contributed by atoms with Gasteiger partial charge in [-0.1, -0.05) is 54.6 Å². The smallest absolute Gasteiger partial charge is 0.338 e. The summed E-state index contributed by atoms with van der Waals surface area (Å²) in [6, 6.07) is 26.6. The molecule has 0 bridgehead atoms. The quantitative estimate of drug-likeness (QED) is 0.274. The molecule has 1 atom stereocenters. The van der Waals surface area contributed by atoms with Gasteiger partial charge in [0.15, 0.2) is 5.60 Å².